The first-order valence-corrected chi connectivity index (χ1v) is 6.74. The van der Waals surface area contributed by atoms with Gasteiger partial charge in [0.25, 0.3) is 0 Å². The van der Waals surface area contributed by atoms with Gasteiger partial charge in [-0.3, -0.25) is 0 Å². The molecule has 0 saturated heterocycles. The molecular formula is C15H15BrFN. The second-order valence-corrected chi connectivity index (χ2v) is 4.96. The van der Waals surface area contributed by atoms with Crippen molar-refractivity contribution in [3.63, 3.8) is 0 Å². The summed E-state index contributed by atoms with van der Waals surface area (Å²) in [5.74, 6) is -0.125. The van der Waals surface area contributed by atoms with Gasteiger partial charge in [0, 0.05) is 11.0 Å². The third-order valence-corrected chi connectivity index (χ3v) is 3.58. The molecule has 0 radical (unpaired) electrons. The van der Waals surface area contributed by atoms with Crippen molar-refractivity contribution in [1.82, 2.24) is 5.32 Å². The van der Waals surface area contributed by atoms with Crippen LogP contribution in [0.1, 0.15) is 11.1 Å². The number of hydrogen-bond acceptors (Lipinski definition) is 1. The smallest absolute Gasteiger partial charge is 0.126 e. The SMILES string of the molecule is Fc1ccccc1CCNCc1ccccc1Br. The zero-order valence-electron chi connectivity index (χ0n) is 10.00. The Morgan fingerprint density at radius 3 is 2.33 bits per heavy atom. The summed E-state index contributed by atoms with van der Waals surface area (Å²) in [5.41, 5.74) is 1.98. The predicted molar refractivity (Wildman–Crippen MR) is 76.0 cm³/mol. The molecule has 0 unspecified atom stereocenters. The molecule has 2 aromatic rings. The normalized spacial score (nSPS) is 10.6. The lowest BCUT2D eigenvalue weighted by atomic mass is 10.1. The molecular weight excluding hydrogens is 293 g/mol. The van der Waals surface area contributed by atoms with Crippen LogP contribution in [-0.4, -0.2) is 6.54 Å². The predicted octanol–water partition coefficient (Wildman–Crippen LogP) is 3.92. The Bertz CT molecular complexity index is 466. The molecule has 0 aliphatic rings. The fourth-order valence-corrected chi connectivity index (χ4v) is 2.21. The van der Waals surface area contributed by atoms with Crippen LogP contribution in [0.4, 0.5) is 4.39 Å². The van der Waals surface area contributed by atoms with Crippen molar-refractivity contribution in [3.05, 3.63) is 69.9 Å². The number of hydrogen-bond donors (Lipinski definition) is 1. The Morgan fingerprint density at radius 1 is 0.944 bits per heavy atom. The van der Waals surface area contributed by atoms with Gasteiger partial charge in [-0.25, -0.2) is 4.39 Å². The molecule has 1 N–H and O–H groups in total. The minimum Gasteiger partial charge on any atom is -0.312 e. The van der Waals surface area contributed by atoms with E-state index in [9.17, 15) is 4.39 Å². The number of halogens is 2. The van der Waals surface area contributed by atoms with E-state index in [2.05, 4.69) is 27.3 Å². The van der Waals surface area contributed by atoms with E-state index in [1.54, 1.807) is 6.07 Å². The third kappa shape index (κ3) is 3.65. The fraction of sp³-hybridized carbons (Fsp3) is 0.200. The Morgan fingerprint density at radius 2 is 1.61 bits per heavy atom. The molecule has 0 fully saturated rings. The van der Waals surface area contributed by atoms with Gasteiger partial charge in [0.1, 0.15) is 5.82 Å². The van der Waals surface area contributed by atoms with Gasteiger partial charge in [0.2, 0.25) is 0 Å². The minimum atomic E-state index is -0.125. The van der Waals surface area contributed by atoms with E-state index in [0.29, 0.717) is 6.42 Å². The standard InChI is InChI=1S/C15H15BrFN/c16-14-7-3-1-6-13(14)11-18-10-9-12-5-2-4-8-15(12)17/h1-8,18H,9-11H2. The zero-order valence-corrected chi connectivity index (χ0v) is 11.6. The van der Waals surface area contributed by atoms with Crippen LogP contribution in [0.25, 0.3) is 0 Å². The van der Waals surface area contributed by atoms with E-state index in [4.69, 9.17) is 0 Å². The van der Waals surface area contributed by atoms with Gasteiger partial charge in [-0.1, -0.05) is 52.3 Å². The molecule has 0 atom stereocenters. The molecule has 3 heteroatoms. The summed E-state index contributed by atoms with van der Waals surface area (Å²) in [5, 5.41) is 3.32. The number of benzene rings is 2. The van der Waals surface area contributed by atoms with Crippen LogP contribution in [0.2, 0.25) is 0 Å². The Hall–Kier alpha value is -1.19. The summed E-state index contributed by atoms with van der Waals surface area (Å²) in [4.78, 5) is 0. The van der Waals surface area contributed by atoms with Crippen molar-refractivity contribution in [2.45, 2.75) is 13.0 Å². The molecule has 0 saturated carbocycles. The van der Waals surface area contributed by atoms with E-state index in [1.165, 1.54) is 11.6 Å². The molecule has 1 nitrogen and oxygen atoms in total. The summed E-state index contributed by atoms with van der Waals surface area (Å²) >= 11 is 3.50. The monoisotopic (exact) mass is 307 g/mol. The van der Waals surface area contributed by atoms with Gasteiger partial charge in [0.05, 0.1) is 0 Å². The quantitative estimate of drug-likeness (QED) is 0.826. The van der Waals surface area contributed by atoms with E-state index >= 15 is 0 Å². The Kier molecular flexibility index (Phi) is 4.90. The molecule has 2 aromatic carbocycles. The van der Waals surface area contributed by atoms with E-state index in [1.807, 2.05) is 30.3 Å². The van der Waals surface area contributed by atoms with Crippen molar-refractivity contribution in [2.24, 2.45) is 0 Å². The second kappa shape index (κ2) is 6.66. The van der Waals surface area contributed by atoms with Crippen LogP contribution in [0.3, 0.4) is 0 Å². The van der Waals surface area contributed by atoms with Crippen LogP contribution in [0, 0.1) is 5.82 Å². The fourth-order valence-electron chi connectivity index (χ4n) is 1.79. The van der Waals surface area contributed by atoms with Crippen LogP contribution >= 0.6 is 15.9 Å². The van der Waals surface area contributed by atoms with Gasteiger partial charge in [-0.15, -0.1) is 0 Å². The van der Waals surface area contributed by atoms with E-state index in [-0.39, 0.29) is 5.82 Å². The average molecular weight is 308 g/mol. The second-order valence-electron chi connectivity index (χ2n) is 4.11. The highest BCUT2D eigenvalue weighted by atomic mass is 79.9. The van der Waals surface area contributed by atoms with Gasteiger partial charge >= 0.3 is 0 Å². The molecule has 0 aliphatic heterocycles. The van der Waals surface area contributed by atoms with E-state index < -0.39 is 0 Å². The molecule has 0 bridgehead atoms. The molecule has 94 valence electrons. The van der Waals surface area contributed by atoms with Gasteiger partial charge in [-0.05, 0) is 36.2 Å². The average Bonchev–Trinajstić information content (AvgIpc) is 2.38. The minimum absolute atomic E-state index is 0.125. The number of nitrogens with one attached hydrogen (secondary N) is 1. The van der Waals surface area contributed by atoms with Crippen molar-refractivity contribution in [1.29, 1.82) is 0 Å². The molecule has 0 aliphatic carbocycles. The first kappa shape index (κ1) is 13.2. The van der Waals surface area contributed by atoms with Gasteiger partial charge < -0.3 is 5.32 Å². The molecule has 0 heterocycles. The van der Waals surface area contributed by atoms with Crippen LogP contribution < -0.4 is 5.32 Å². The Labute approximate surface area is 115 Å². The van der Waals surface area contributed by atoms with Crippen molar-refractivity contribution in [2.75, 3.05) is 6.54 Å². The maximum absolute atomic E-state index is 13.4. The van der Waals surface area contributed by atoms with Crippen LogP contribution in [0.5, 0.6) is 0 Å². The Balaban J connectivity index is 1.80. The topological polar surface area (TPSA) is 12.0 Å². The lowest BCUT2D eigenvalue weighted by Gasteiger charge is -2.07. The lowest BCUT2D eigenvalue weighted by molar-refractivity contribution is 0.597. The summed E-state index contributed by atoms with van der Waals surface area (Å²) < 4.78 is 14.5. The molecule has 0 aromatic heterocycles. The van der Waals surface area contributed by atoms with Crippen molar-refractivity contribution < 1.29 is 4.39 Å². The molecule has 0 amide bonds. The maximum atomic E-state index is 13.4. The summed E-state index contributed by atoms with van der Waals surface area (Å²) in [6.07, 6.45) is 0.705. The van der Waals surface area contributed by atoms with Crippen molar-refractivity contribution >= 4 is 15.9 Å². The first-order chi connectivity index (χ1) is 8.77. The third-order valence-electron chi connectivity index (χ3n) is 2.80. The van der Waals surface area contributed by atoms with E-state index in [0.717, 1.165) is 23.1 Å². The largest absolute Gasteiger partial charge is 0.312 e. The van der Waals surface area contributed by atoms with Gasteiger partial charge in [-0.2, -0.15) is 0 Å². The molecule has 0 spiro atoms. The number of rotatable bonds is 5. The lowest BCUT2D eigenvalue weighted by Crippen LogP contribution is -2.17. The molecule has 18 heavy (non-hydrogen) atoms. The summed E-state index contributed by atoms with van der Waals surface area (Å²) in [6.45, 7) is 1.55. The highest BCUT2D eigenvalue weighted by Gasteiger charge is 2.01. The highest BCUT2D eigenvalue weighted by molar-refractivity contribution is 9.10. The van der Waals surface area contributed by atoms with Crippen molar-refractivity contribution in [3.8, 4) is 0 Å². The van der Waals surface area contributed by atoms with Crippen LogP contribution in [0.15, 0.2) is 53.0 Å². The zero-order chi connectivity index (χ0) is 12.8. The molecule has 2 rings (SSSR count). The van der Waals surface area contributed by atoms with Crippen LogP contribution in [-0.2, 0) is 13.0 Å². The summed E-state index contributed by atoms with van der Waals surface area (Å²) in [7, 11) is 0. The van der Waals surface area contributed by atoms with Gasteiger partial charge in [0.15, 0.2) is 0 Å². The first-order valence-electron chi connectivity index (χ1n) is 5.95. The summed E-state index contributed by atoms with van der Waals surface area (Å²) in [6, 6.07) is 15.0. The highest BCUT2D eigenvalue weighted by Crippen LogP contribution is 2.15. The maximum Gasteiger partial charge on any atom is 0.126 e.